The van der Waals surface area contributed by atoms with Gasteiger partial charge in [0.25, 0.3) is 0 Å². The fourth-order valence-electron chi connectivity index (χ4n) is 1.58. The molecule has 6 heteroatoms. The van der Waals surface area contributed by atoms with Crippen molar-refractivity contribution in [1.82, 2.24) is 15.0 Å². The Labute approximate surface area is 114 Å². The summed E-state index contributed by atoms with van der Waals surface area (Å²) >= 11 is 1.47. The molecule has 1 N–H and O–H groups in total. The molecule has 0 aromatic carbocycles. The zero-order valence-electron chi connectivity index (χ0n) is 10.2. The molecule has 0 aliphatic carbocycles. The number of nitrogens with zero attached hydrogens (tertiary/aromatic N) is 4. The van der Waals surface area contributed by atoms with Crippen molar-refractivity contribution in [3.63, 3.8) is 0 Å². The third-order valence-corrected chi connectivity index (χ3v) is 3.41. The molecule has 0 bridgehead atoms. The molecular weight excluding hydrogens is 258 g/mol. The van der Waals surface area contributed by atoms with Crippen LogP contribution in [-0.4, -0.2) is 20.7 Å². The van der Waals surface area contributed by atoms with Crippen LogP contribution in [0, 0.1) is 0 Å². The average Bonchev–Trinajstić information content (AvgIpc) is 2.88. The highest BCUT2D eigenvalue weighted by Gasteiger charge is 2.03. The Morgan fingerprint density at radius 3 is 2.84 bits per heavy atom. The number of hydrogen-bond acceptors (Lipinski definition) is 6. The van der Waals surface area contributed by atoms with Gasteiger partial charge in [-0.25, -0.2) is 9.97 Å². The molecule has 3 heterocycles. The second kappa shape index (κ2) is 5.11. The maximum Gasteiger partial charge on any atom is 0.205 e. The molecule has 0 saturated heterocycles. The predicted octanol–water partition coefficient (Wildman–Crippen LogP) is 2.92. The van der Waals surface area contributed by atoms with E-state index in [1.165, 1.54) is 11.3 Å². The van der Waals surface area contributed by atoms with Gasteiger partial charge in [-0.2, -0.15) is 5.10 Å². The fraction of sp³-hybridized carbons (Fsp3) is 0.0769. The number of fused-ring (bicyclic) bond motifs is 1. The molecule has 0 aliphatic rings. The molecule has 0 atom stereocenters. The minimum absolute atomic E-state index is 0.726. The topological polar surface area (TPSA) is 63.1 Å². The third-order valence-electron chi connectivity index (χ3n) is 2.52. The Hall–Kier alpha value is -2.34. The highest BCUT2D eigenvalue weighted by atomic mass is 32.1. The summed E-state index contributed by atoms with van der Waals surface area (Å²) in [5.74, 6) is 0. The van der Waals surface area contributed by atoms with Gasteiger partial charge in [-0.3, -0.25) is 10.4 Å². The summed E-state index contributed by atoms with van der Waals surface area (Å²) in [6.07, 6.45) is 3.50. The van der Waals surface area contributed by atoms with Crippen molar-refractivity contribution in [2.24, 2.45) is 5.10 Å². The molecule has 3 aromatic heterocycles. The van der Waals surface area contributed by atoms with E-state index in [9.17, 15) is 0 Å². The zero-order valence-corrected chi connectivity index (χ0v) is 11.1. The smallest absolute Gasteiger partial charge is 0.205 e. The van der Waals surface area contributed by atoms with Crippen LogP contribution in [0.2, 0.25) is 0 Å². The summed E-state index contributed by atoms with van der Waals surface area (Å²) in [5.41, 5.74) is 5.48. The fourth-order valence-corrected chi connectivity index (χ4v) is 2.33. The Kier molecular flexibility index (Phi) is 3.16. The van der Waals surface area contributed by atoms with Gasteiger partial charge in [0, 0.05) is 12.4 Å². The van der Waals surface area contributed by atoms with Gasteiger partial charge in [-0.15, -0.1) is 0 Å². The molecule has 3 aromatic rings. The molecule has 0 radical (unpaired) electrons. The maximum absolute atomic E-state index is 4.40. The highest BCUT2D eigenvalue weighted by Crippen LogP contribution is 2.23. The number of nitrogens with one attached hydrogen (secondary N) is 1. The van der Waals surface area contributed by atoms with Crippen LogP contribution in [0.3, 0.4) is 0 Å². The van der Waals surface area contributed by atoms with Crippen molar-refractivity contribution in [3.8, 4) is 0 Å². The van der Waals surface area contributed by atoms with E-state index in [2.05, 4.69) is 25.5 Å². The summed E-state index contributed by atoms with van der Waals surface area (Å²) in [4.78, 5) is 13.8. The van der Waals surface area contributed by atoms with Crippen molar-refractivity contribution < 1.29 is 0 Å². The van der Waals surface area contributed by atoms with Crippen LogP contribution >= 0.6 is 11.3 Å². The average molecular weight is 269 g/mol. The van der Waals surface area contributed by atoms with Crippen molar-refractivity contribution in [2.75, 3.05) is 5.43 Å². The summed E-state index contributed by atoms with van der Waals surface area (Å²) in [6, 6.07) is 9.53. The van der Waals surface area contributed by atoms with Crippen LogP contribution in [-0.2, 0) is 0 Å². The molecule has 0 amide bonds. The van der Waals surface area contributed by atoms with Crippen LogP contribution in [0.15, 0.2) is 47.8 Å². The monoisotopic (exact) mass is 269 g/mol. The largest absolute Gasteiger partial charge is 0.255 e. The summed E-state index contributed by atoms with van der Waals surface area (Å²) in [6.45, 7) is 1.90. The Morgan fingerprint density at radius 1 is 1.16 bits per heavy atom. The minimum Gasteiger partial charge on any atom is -0.255 e. The number of pyridine rings is 2. The van der Waals surface area contributed by atoms with Gasteiger partial charge in [0.1, 0.15) is 10.3 Å². The first-order valence-electron chi connectivity index (χ1n) is 5.76. The van der Waals surface area contributed by atoms with E-state index in [1.807, 2.05) is 37.3 Å². The van der Waals surface area contributed by atoms with E-state index in [-0.39, 0.29) is 0 Å². The molecule has 5 nitrogen and oxygen atoms in total. The Morgan fingerprint density at radius 2 is 2.05 bits per heavy atom. The lowest BCUT2D eigenvalue weighted by Crippen LogP contribution is -2.01. The quantitative estimate of drug-likeness (QED) is 0.586. The Bertz CT molecular complexity index is 687. The number of thiazole rings is 1. The van der Waals surface area contributed by atoms with E-state index >= 15 is 0 Å². The summed E-state index contributed by atoms with van der Waals surface area (Å²) in [5, 5.41) is 5.01. The standard InChI is InChI=1S/C13H11N5S/c1-9(10-5-2-3-7-14-10)17-18-13-16-11-6-4-8-15-12(11)19-13/h2-8H,1H3,(H,16,18). The lowest BCUT2D eigenvalue weighted by Gasteiger charge is -1.99. The van der Waals surface area contributed by atoms with E-state index in [0.29, 0.717) is 0 Å². The molecule has 19 heavy (non-hydrogen) atoms. The highest BCUT2D eigenvalue weighted by molar-refractivity contribution is 7.21. The normalized spacial score (nSPS) is 11.7. The molecule has 3 rings (SSSR count). The van der Waals surface area contributed by atoms with Gasteiger partial charge < -0.3 is 0 Å². The van der Waals surface area contributed by atoms with Crippen molar-refractivity contribution in [2.45, 2.75) is 6.92 Å². The molecule has 0 unspecified atom stereocenters. The second-order valence-electron chi connectivity index (χ2n) is 3.87. The molecule has 0 fully saturated rings. The van der Waals surface area contributed by atoms with Gasteiger partial charge in [0.2, 0.25) is 5.13 Å². The van der Waals surface area contributed by atoms with E-state index in [4.69, 9.17) is 0 Å². The molecule has 0 aliphatic heterocycles. The Balaban J connectivity index is 1.82. The first-order chi connectivity index (χ1) is 9.33. The van der Waals surface area contributed by atoms with E-state index in [1.54, 1.807) is 12.4 Å². The summed E-state index contributed by atoms with van der Waals surface area (Å²) < 4.78 is 0. The van der Waals surface area contributed by atoms with Gasteiger partial charge in [-0.1, -0.05) is 17.4 Å². The van der Waals surface area contributed by atoms with E-state index < -0.39 is 0 Å². The van der Waals surface area contributed by atoms with Gasteiger partial charge in [-0.05, 0) is 31.2 Å². The first-order valence-corrected chi connectivity index (χ1v) is 6.58. The number of hydrazone groups is 1. The molecule has 0 saturated carbocycles. The van der Waals surface area contributed by atoms with Crippen LogP contribution in [0.5, 0.6) is 0 Å². The molecule has 94 valence electrons. The van der Waals surface area contributed by atoms with Crippen LogP contribution < -0.4 is 5.43 Å². The number of aromatic nitrogens is 3. The van der Waals surface area contributed by atoms with Crippen molar-refractivity contribution in [3.05, 3.63) is 48.4 Å². The van der Waals surface area contributed by atoms with Gasteiger partial charge in [0.15, 0.2) is 0 Å². The third kappa shape index (κ3) is 2.58. The second-order valence-corrected chi connectivity index (χ2v) is 4.85. The van der Waals surface area contributed by atoms with E-state index in [0.717, 1.165) is 26.9 Å². The van der Waals surface area contributed by atoms with Crippen LogP contribution in [0.4, 0.5) is 5.13 Å². The number of rotatable bonds is 3. The maximum atomic E-state index is 4.40. The lowest BCUT2D eigenvalue weighted by molar-refractivity contribution is 1.24. The minimum atomic E-state index is 0.726. The number of hydrogen-bond donors (Lipinski definition) is 1. The molecular formula is C13H11N5S. The van der Waals surface area contributed by atoms with Gasteiger partial charge in [0.05, 0.1) is 11.4 Å². The SMILES string of the molecule is CC(=NNc1nc2cccnc2s1)c1ccccn1. The predicted molar refractivity (Wildman–Crippen MR) is 77.5 cm³/mol. The van der Waals surface area contributed by atoms with Crippen LogP contribution in [0.25, 0.3) is 10.3 Å². The number of anilines is 1. The van der Waals surface area contributed by atoms with Crippen molar-refractivity contribution in [1.29, 1.82) is 0 Å². The van der Waals surface area contributed by atoms with Crippen LogP contribution in [0.1, 0.15) is 12.6 Å². The lowest BCUT2D eigenvalue weighted by atomic mass is 10.3. The zero-order chi connectivity index (χ0) is 13.1. The first kappa shape index (κ1) is 11.7. The van der Waals surface area contributed by atoms with Crippen molar-refractivity contribution >= 4 is 32.5 Å². The summed E-state index contributed by atoms with van der Waals surface area (Å²) in [7, 11) is 0. The van der Waals surface area contributed by atoms with Gasteiger partial charge >= 0.3 is 0 Å². The molecule has 0 spiro atoms.